The van der Waals surface area contributed by atoms with Crippen molar-refractivity contribution in [3.8, 4) is 0 Å². The second kappa shape index (κ2) is 9.01. The zero-order valence-electron chi connectivity index (χ0n) is 17.1. The minimum atomic E-state index is -0.371. The Balaban J connectivity index is 1.72. The van der Waals surface area contributed by atoms with E-state index in [1.165, 1.54) is 18.7 Å². The highest BCUT2D eigenvalue weighted by atomic mass is 16.2. The lowest BCUT2D eigenvalue weighted by atomic mass is 10.0. The van der Waals surface area contributed by atoms with Gasteiger partial charge in [0.15, 0.2) is 0 Å². The van der Waals surface area contributed by atoms with Gasteiger partial charge in [0.05, 0.1) is 11.1 Å². The summed E-state index contributed by atoms with van der Waals surface area (Å²) in [6.07, 6.45) is 0.838. The van der Waals surface area contributed by atoms with Crippen LogP contribution in [-0.2, 0) is 6.42 Å². The molecule has 0 aromatic heterocycles. The summed E-state index contributed by atoms with van der Waals surface area (Å²) in [5, 5.41) is 3.01. The van der Waals surface area contributed by atoms with Crippen LogP contribution in [-0.4, -0.2) is 60.2 Å². The third-order valence-electron chi connectivity index (χ3n) is 5.49. The van der Waals surface area contributed by atoms with Gasteiger partial charge in [-0.1, -0.05) is 44.2 Å². The minimum absolute atomic E-state index is 0.167. The summed E-state index contributed by atoms with van der Waals surface area (Å²) in [5.74, 6) is -0.945. The van der Waals surface area contributed by atoms with Crippen LogP contribution in [0.5, 0.6) is 0 Å². The first-order valence-corrected chi connectivity index (χ1v) is 9.98. The SMILES string of the molecule is CCN(CC)C(CNC(=O)c1ccc2c(c1)C(=O)N(C)C2=O)Cc1ccccc1. The maximum atomic E-state index is 12.7. The Kier molecular flexibility index (Phi) is 6.44. The van der Waals surface area contributed by atoms with Crippen molar-refractivity contribution >= 4 is 17.7 Å². The van der Waals surface area contributed by atoms with Crippen molar-refractivity contribution in [2.24, 2.45) is 0 Å². The van der Waals surface area contributed by atoms with Gasteiger partial charge in [0.25, 0.3) is 17.7 Å². The number of rotatable bonds is 8. The van der Waals surface area contributed by atoms with Crippen LogP contribution < -0.4 is 5.32 Å². The molecule has 1 unspecified atom stereocenters. The van der Waals surface area contributed by atoms with Crippen LogP contribution in [0.15, 0.2) is 48.5 Å². The summed E-state index contributed by atoms with van der Waals surface area (Å²) in [5.41, 5.74) is 2.25. The standard InChI is InChI=1S/C23H27N3O3/c1-4-26(5-2)18(13-16-9-7-6-8-10-16)15-24-21(27)17-11-12-19-20(14-17)23(29)25(3)22(19)28/h6-12,14,18H,4-5,13,15H2,1-3H3,(H,24,27). The topological polar surface area (TPSA) is 69.7 Å². The molecule has 1 aliphatic heterocycles. The van der Waals surface area contributed by atoms with Crippen LogP contribution in [0.3, 0.4) is 0 Å². The lowest BCUT2D eigenvalue weighted by molar-refractivity contribution is 0.0693. The van der Waals surface area contributed by atoms with E-state index in [2.05, 4.69) is 36.2 Å². The Bertz CT molecular complexity index is 907. The maximum Gasteiger partial charge on any atom is 0.261 e. The normalized spacial score (nSPS) is 14.3. The quantitative estimate of drug-likeness (QED) is 0.700. The summed E-state index contributed by atoms with van der Waals surface area (Å²) in [7, 11) is 1.45. The third-order valence-corrected chi connectivity index (χ3v) is 5.49. The molecule has 29 heavy (non-hydrogen) atoms. The van der Waals surface area contributed by atoms with Gasteiger partial charge in [0.2, 0.25) is 0 Å². The average Bonchev–Trinajstić information content (AvgIpc) is 2.96. The van der Waals surface area contributed by atoms with Crippen molar-refractivity contribution in [2.45, 2.75) is 26.3 Å². The molecule has 0 bridgehead atoms. The number of nitrogens with one attached hydrogen (secondary N) is 1. The largest absolute Gasteiger partial charge is 0.350 e. The van der Waals surface area contributed by atoms with Crippen LogP contribution in [0.4, 0.5) is 0 Å². The predicted octanol–water partition coefficient (Wildman–Crippen LogP) is 2.60. The smallest absolute Gasteiger partial charge is 0.261 e. The second-order valence-electron chi connectivity index (χ2n) is 7.20. The van der Waals surface area contributed by atoms with Crippen LogP contribution in [0, 0.1) is 0 Å². The number of imide groups is 1. The average molecular weight is 393 g/mol. The van der Waals surface area contributed by atoms with E-state index in [1.807, 2.05) is 18.2 Å². The molecule has 1 N–H and O–H groups in total. The molecule has 3 amide bonds. The zero-order chi connectivity index (χ0) is 21.0. The third kappa shape index (κ3) is 4.38. The highest BCUT2D eigenvalue weighted by Gasteiger charge is 2.33. The number of nitrogens with zero attached hydrogens (tertiary/aromatic N) is 2. The van der Waals surface area contributed by atoms with Gasteiger partial charge in [-0.15, -0.1) is 0 Å². The first-order valence-electron chi connectivity index (χ1n) is 9.98. The summed E-state index contributed by atoms with van der Waals surface area (Å²) >= 11 is 0. The second-order valence-corrected chi connectivity index (χ2v) is 7.20. The number of amides is 3. The first-order chi connectivity index (χ1) is 14.0. The highest BCUT2D eigenvalue weighted by molar-refractivity contribution is 6.21. The molecule has 0 spiro atoms. The molecule has 2 aromatic carbocycles. The van der Waals surface area contributed by atoms with Gasteiger partial charge in [-0.2, -0.15) is 0 Å². The fourth-order valence-corrected chi connectivity index (χ4v) is 3.77. The summed E-state index contributed by atoms with van der Waals surface area (Å²) in [4.78, 5) is 40.3. The van der Waals surface area contributed by atoms with Gasteiger partial charge in [0, 0.05) is 25.2 Å². The molecule has 3 rings (SSSR count). The van der Waals surface area contributed by atoms with E-state index in [4.69, 9.17) is 0 Å². The number of hydrogen-bond donors (Lipinski definition) is 1. The number of fused-ring (bicyclic) bond motifs is 1. The van der Waals surface area contributed by atoms with Gasteiger partial charge in [-0.25, -0.2) is 0 Å². The van der Waals surface area contributed by atoms with Gasteiger partial charge < -0.3 is 5.32 Å². The van der Waals surface area contributed by atoms with Crippen molar-refractivity contribution in [3.05, 3.63) is 70.8 Å². The van der Waals surface area contributed by atoms with E-state index >= 15 is 0 Å². The van der Waals surface area contributed by atoms with E-state index < -0.39 is 0 Å². The number of likely N-dealkylation sites (N-methyl/N-ethyl adjacent to an activating group) is 1. The lowest BCUT2D eigenvalue weighted by Crippen LogP contribution is -2.45. The maximum absolute atomic E-state index is 12.7. The van der Waals surface area contributed by atoms with E-state index in [0.717, 1.165) is 24.4 Å². The number of benzene rings is 2. The van der Waals surface area contributed by atoms with Crippen LogP contribution in [0.25, 0.3) is 0 Å². The predicted molar refractivity (Wildman–Crippen MR) is 112 cm³/mol. The van der Waals surface area contributed by atoms with E-state index in [0.29, 0.717) is 17.7 Å². The summed E-state index contributed by atoms with van der Waals surface area (Å²) < 4.78 is 0. The highest BCUT2D eigenvalue weighted by Crippen LogP contribution is 2.22. The Morgan fingerprint density at radius 1 is 1.00 bits per heavy atom. The van der Waals surface area contributed by atoms with Gasteiger partial charge in [0.1, 0.15) is 0 Å². The molecule has 0 saturated heterocycles. The minimum Gasteiger partial charge on any atom is -0.350 e. The molecule has 1 heterocycles. The first kappa shape index (κ1) is 20.7. The molecular weight excluding hydrogens is 366 g/mol. The van der Waals surface area contributed by atoms with Crippen LogP contribution >= 0.6 is 0 Å². The summed E-state index contributed by atoms with van der Waals surface area (Å²) in [6, 6.07) is 15.1. The van der Waals surface area contributed by atoms with Crippen molar-refractivity contribution in [2.75, 3.05) is 26.7 Å². The molecule has 0 fully saturated rings. The van der Waals surface area contributed by atoms with E-state index in [-0.39, 0.29) is 29.3 Å². The fraction of sp³-hybridized carbons (Fsp3) is 0.348. The number of carbonyl (C=O) groups excluding carboxylic acids is 3. The molecule has 0 radical (unpaired) electrons. The van der Waals surface area contributed by atoms with Crippen molar-refractivity contribution in [1.29, 1.82) is 0 Å². The molecule has 6 nitrogen and oxygen atoms in total. The summed E-state index contributed by atoms with van der Waals surface area (Å²) in [6.45, 7) is 6.52. The van der Waals surface area contributed by atoms with Crippen LogP contribution in [0.2, 0.25) is 0 Å². The van der Waals surface area contributed by atoms with E-state index in [1.54, 1.807) is 12.1 Å². The molecule has 152 valence electrons. The van der Waals surface area contributed by atoms with Gasteiger partial charge in [-0.3, -0.25) is 24.2 Å². The van der Waals surface area contributed by atoms with E-state index in [9.17, 15) is 14.4 Å². The fourth-order valence-electron chi connectivity index (χ4n) is 3.77. The monoisotopic (exact) mass is 393 g/mol. The molecule has 2 aromatic rings. The molecule has 0 saturated carbocycles. The molecular formula is C23H27N3O3. The van der Waals surface area contributed by atoms with Crippen molar-refractivity contribution in [3.63, 3.8) is 0 Å². The van der Waals surface area contributed by atoms with Crippen molar-refractivity contribution < 1.29 is 14.4 Å². The Hall–Kier alpha value is -2.99. The van der Waals surface area contributed by atoms with Crippen molar-refractivity contribution in [1.82, 2.24) is 15.1 Å². The molecule has 1 atom stereocenters. The molecule has 0 aliphatic carbocycles. The number of carbonyl (C=O) groups is 3. The van der Waals surface area contributed by atoms with Crippen LogP contribution in [0.1, 0.15) is 50.5 Å². The Morgan fingerprint density at radius 3 is 2.31 bits per heavy atom. The molecule has 1 aliphatic rings. The Morgan fingerprint density at radius 2 is 1.66 bits per heavy atom. The molecule has 6 heteroatoms. The zero-order valence-corrected chi connectivity index (χ0v) is 17.1. The van der Waals surface area contributed by atoms with Gasteiger partial charge in [-0.05, 0) is 43.3 Å². The lowest BCUT2D eigenvalue weighted by Gasteiger charge is -2.30. The van der Waals surface area contributed by atoms with Gasteiger partial charge >= 0.3 is 0 Å². The number of hydrogen-bond acceptors (Lipinski definition) is 4. The Labute approximate surface area is 171 Å².